The summed E-state index contributed by atoms with van der Waals surface area (Å²) in [6.45, 7) is 4.79. The van der Waals surface area contributed by atoms with Gasteiger partial charge in [0.25, 0.3) is 0 Å². The van der Waals surface area contributed by atoms with Crippen molar-refractivity contribution in [1.29, 1.82) is 0 Å². The molecule has 0 atom stereocenters. The number of hydrogen-bond acceptors (Lipinski definition) is 4. The number of aromatic nitrogens is 3. The SMILES string of the molecule is CNCc1cc(Oc2cnn(C(C)C)c2)ncc1Cl. The maximum atomic E-state index is 6.05. The molecule has 0 fully saturated rings. The highest BCUT2D eigenvalue weighted by molar-refractivity contribution is 6.31. The van der Waals surface area contributed by atoms with Crippen molar-refractivity contribution in [1.82, 2.24) is 20.1 Å². The third kappa shape index (κ3) is 3.45. The second kappa shape index (κ2) is 6.04. The van der Waals surface area contributed by atoms with Gasteiger partial charge in [-0.25, -0.2) is 4.98 Å². The van der Waals surface area contributed by atoms with Crippen LogP contribution in [0, 0.1) is 0 Å². The first-order valence-corrected chi connectivity index (χ1v) is 6.49. The lowest BCUT2D eigenvalue weighted by Gasteiger charge is -2.07. The number of nitrogens with one attached hydrogen (secondary N) is 1. The van der Waals surface area contributed by atoms with Gasteiger partial charge >= 0.3 is 0 Å². The fourth-order valence-corrected chi connectivity index (χ4v) is 1.79. The molecule has 0 aliphatic carbocycles. The summed E-state index contributed by atoms with van der Waals surface area (Å²) in [6, 6.07) is 2.13. The van der Waals surface area contributed by atoms with Gasteiger partial charge in [0.2, 0.25) is 5.88 Å². The Labute approximate surface area is 117 Å². The average molecular weight is 281 g/mol. The van der Waals surface area contributed by atoms with Gasteiger partial charge in [0, 0.05) is 24.8 Å². The number of hydrogen-bond donors (Lipinski definition) is 1. The summed E-state index contributed by atoms with van der Waals surface area (Å²) in [5.41, 5.74) is 0.949. The second-order valence-corrected chi connectivity index (χ2v) is 4.90. The standard InChI is InChI=1S/C13H17ClN4O/c1-9(2)18-8-11(6-17-18)19-13-4-10(5-15-3)12(14)7-16-13/h4,6-9,15H,5H2,1-3H3. The fourth-order valence-electron chi connectivity index (χ4n) is 1.62. The molecule has 6 heteroatoms. The first-order valence-electron chi connectivity index (χ1n) is 6.11. The summed E-state index contributed by atoms with van der Waals surface area (Å²) < 4.78 is 7.50. The molecule has 2 heterocycles. The van der Waals surface area contributed by atoms with E-state index in [2.05, 4.69) is 29.2 Å². The molecule has 0 spiro atoms. The van der Waals surface area contributed by atoms with Crippen molar-refractivity contribution in [2.24, 2.45) is 0 Å². The summed E-state index contributed by atoms with van der Waals surface area (Å²) >= 11 is 6.05. The van der Waals surface area contributed by atoms with Crippen molar-refractivity contribution in [3.8, 4) is 11.6 Å². The lowest BCUT2D eigenvalue weighted by molar-refractivity contribution is 0.458. The van der Waals surface area contributed by atoms with Gasteiger partial charge in [-0.3, -0.25) is 4.68 Å². The molecule has 0 radical (unpaired) electrons. The molecule has 0 aliphatic heterocycles. The normalized spacial score (nSPS) is 11.0. The van der Waals surface area contributed by atoms with Crippen LogP contribution in [0.2, 0.25) is 5.02 Å². The van der Waals surface area contributed by atoms with Crippen molar-refractivity contribution >= 4 is 11.6 Å². The predicted molar refractivity (Wildman–Crippen MR) is 74.7 cm³/mol. The Bertz CT molecular complexity index is 553. The van der Waals surface area contributed by atoms with Crippen LogP contribution in [0.25, 0.3) is 0 Å². The molecule has 0 unspecified atom stereocenters. The van der Waals surface area contributed by atoms with E-state index in [4.69, 9.17) is 16.3 Å². The molecule has 0 aromatic carbocycles. The van der Waals surface area contributed by atoms with Crippen LogP contribution in [-0.2, 0) is 6.54 Å². The van der Waals surface area contributed by atoms with Crippen LogP contribution in [0.15, 0.2) is 24.7 Å². The van der Waals surface area contributed by atoms with Crippen molar-refractivity contribution in [2.75, 3.05) is 7.05 Å². The minimum Gasteiger partial charge on any atom is -0.436 e. The zero-order valence-corrected chi connectivity index (χ0v) is 12.0. The lowest BCUT2D eigenvalue weighted by atomic mass is 10.2. The molecule has 0 bridgehead atoms. The van der Waals surface area contributed by atoms with Crippen LogP contribution in [-0.4, -0.2) is 21.8 Å². The van der Waals surface area contributed by atoms with E-state index in [1.165, 1.54) is 0 Å². The van der Waals surface area contributed by atoms with Gasteiger partial charge in [0.15, 0.2) is 5.75 Å². The molecular weight excluding hydrogens is 264 g/mol. The Balaban J connectivity index is 2.15. The smallest absolute Gasteiger partial charge is 0.219 e. The molecule has 102 valence electrons. The largest absolute Gasteiger partial charge is 0.436 e. The van der Waals surface area contributed by atoms with Gasteiger partial charge in [-0.1, -0.05) is 11.6 Å². The third-order valence-electron chi connectivity index (χ3n) is 2.61. The maximum Gasteiger partial charge on any atom is 0.219 e. The zero-order valence-electron chi connectivity index (χ0n) is 11.2. The predicted octanol–water partition coefficient (Wildman–Crippen LogP) is 3.02. The lowest BCUT2D eigenvalue weighted by Crippen LogP contribution is -2.06. The van der Waals surface area contributed by atoms with Crippen molar-refractivity contribution in [3.05, 3.63) is 35.2 Å². The first-order chi connectivity index (χ1) is 9.10. The zero-order chi connectivity index (χ0) is 13.8. The minimum absolute atomic E-state index is 0.301. The average Bonchev–Trinajstić information content (AvgIpc) is 2.82. The topological polar surface area (TPSA) is 52.0 Å². The van der Waals surface area contributed by atoms with Crippen molar-refractivity contribution < 1.29 is 4.74 Å². The molecule has 0 saturated heterocycles. The van der Waals surface area contributed by atoms with E-state index in [-0.39, 0.29) is 0 Å². The Morgan fingerprint density at radius 3 is 2.84 bits per heavy atom. The summed E-state index contributed by atoms with van der Waals surface area (Å²) in [7, 11) is 1.87. The molecule has 1 N–H and O–H groups in total. The number of nitrogens with zero attached hydrogens (tertiary/aromatic N) is 3. The van der Waals surface area contributed by atoms with Crippen LogP contribution in [0.5, 0.6) is 11.6 Å². The molecule has 0 amide bonds. The van der Waals surface area contributed by atoms with Gasteiger partial charge in [-0.2, -0.15) is 5.10 Å². The summed E-state index contributed by atoms with van der Waals surface area (Å²) in [5, 5.41) is 7.89. The van der Waals surface area contributed by atoms with E-state index < -0.39 is 0 Å². The molecule has 0 saturated carbocycles. The highest BCUT2D eigenvalue weighted by Crippen LogP contribution is 2.24. The van der Waals surface area contributed by atoms with Gasteiger partial charge in [0.1, 0.15) is 0 Å². The molecule has 2 rings (SSSR count). The van der Waals surface area contributed by atoms with Crippen LogP contribution in [0.1, 0.15) is 25.5 Å². The van der Waals surface area contributed by atoms with Crippen LogP contribution < -0.4 is 10.1 Å². The minimum atomic E-state index is 0.301. The van der Waals surface area contributed by atoms with Crippen molar-refractivity contribution in [2.45, 2.75) is 26.4 Å². The Hall–Kier alpha value is -1.59. The van der Waals surface area contributed by atoms with Gasteiger partial charge in [-0.05, 0) is 26.5 Å². The first kappa shape index (κ1) is 13.8. The maximum absolute atomic E-state index is 6.05. The highest BCUT2D eigenvalue weighted by Gasteiger charge is 2.07. The highest BCUT2D eigenvalue weighted by atomic mass is 35.5. The van der Waals surface area contributed by atoms with E-state index >= 15 is 0 Å². The number of halogens is 1. The number of ether oxygens (including phenoxy) is 1. The van der Waals surface area contributed by atoms with E-state index in [0.717, 1.165) is 5.56 Å². The second-order valence-electron chi connectivity index (χ2n) is 4.50. The van der Waals surface area contributed by atoms with Crippen molar-refractivity contribution in [3.63, 3.8) is 0 Å². The van der Waals surface area contributed by atoms with Gasteiger partial charge < -0.3 is 10.1 Å². The van der Waals surface area contributed by atoms with E-state index in [1.807, 2.05) is 24.0 Å². The van der Waals surface area contributed by atoms with Gasteiger partial charge in [0.05, 0.1) is 17.4 Å². The van der Waals surface area contributed by atoms with E-state index in [1.54, 1.807) is 12.4 Å². The van der Waals surface area contributed by atoms with Crippen LogP contribution in [0.4, 0.5) is 0 Å². The third-order valence-corrected chi connectivity index (χ3v) is 2.95. The molecule has 0 aliphatic rings. The van der Waals surface area contributed by atoms with Gasteiger partial charge in [-0.15, -0.1) is 0 Å². The molecule has 19 heavy (non-hydrogen) atoms. The Morgan fingerprint density at radius 1 is 1.42 bits per heavy atom. The summed E-state index contributed by atoms with van der Waals surface area (Å²) in [5.74, 6) is 1.18. The van der Waals surface area contributed by atoms with E-state index in [9.17, 15) is 0 Å². The molecular formula is C13H17ClN4O. The molecule has 2 aromatic heterocycles. The van der Waals surface area contributed by atoms with Crippen LogP contribution >= 0.6 is 11.6 Å². The fraction of sp³-hybridized carbons (Fsp3) is 0.385. The molecule has 2 aromatic rings. The number of rotatable bonds is 5. The number of pyridine rings is 1. The van der Waals surface area contributed by atoms with E-state index in [0.29, 0.717) is 29.2 Å². The summed E-state index contributed by atoms with van der Waals surface area (Å²) in [6.07, 6.45) is 5.11. The summed E-state index contributed by atoms with van der Waals surface area (Å²) in [4.78, 5) is 4.15. The Morgan fingerprint density at radius 2 is 2.21 bits per heavy atom. The Kier molecular flexibility index (Phi) is 4.39. The van der Waals surface area contributed by atoms with Crippen LogP contribution in [0.3, 0.4) is 0 Å². The monoisotopic (exact) mass is 280 g/mol. The molecule has 5 nitrogen and oxygen atoms in total. The quantitative estimate of drug-likeness (QED) is 0.915.